The molecule has 0 saturated heterocycles. The molecule has 3 aromatic rings. The maximum Gasteiger partial charge on any atom is 0.283 e. The second kappa shape index (κ2) is 8.48. The van der Waals surface area contributed by atoms with E-state index in [0.717, 1.165) is 22.2 Å². The van der Waals surface area contributed by atoms with Gasteiger partial charge in [-0.2, -0.15) is 0 Å². The first-order valence-electron chi connectivity index (χ1n) is 10.1. The first kappa shape index (κ1) is 20.8. The Balaban J connectivity index is 1.45. The number of amidine groups is 1. The second-order valence-corrected chi connectivity index (χ2v) is 8.22. The Hall–Kier alpha value is -4.04. The average Bonchev–Trinajstić information content (AvgIpc) is 3.27. The zero-order valence-electron chi connectivity index (χ0n) is 17.1. The molecule has 8 heteroatoms. The minimum absolute atomic E-state index is 0.0191. The fraction of sp³-hybridized carbons (Fsp3) is 0.0400. The summed E-state index contributed by atoms with van der Waals surface area (Å²) in [5.41, 5.74) is 2.15. The van der Waals surface area contributed by atoms with Gasteiger partial charge in [-0.25, -0.2) is 9.38 Å². The van der Waals surface area contributed by atoms with Crippen LogP contribution in [0.4, 0.5) is 10.1 Å². The molecule has 0 N–H and O–H groups in total. The summed E-state index contributed by atoms with van der Waals surface area (Å²) in [4.78, 5) is 45.5. The van der Waals surface area contributed by atoms with E-state index in [9.17, 15) is 18.8 Å². The number of hydrogen-bond acceptors (Lipinski definition) is 5. The minimum Gasteiger partial charge on any atom is -0.269 e. The second-order valence-electron chi connectivity index (χ2n) is 7.31. The lowest BCUT2D eigenvalue weighted by molar-refractivity contribution is -0.113. The van der Waals surface area contributed by atoms with Crippen LogP contribution in [0, 0.1) is 5.82 Å². The molecule has 0 atom stereocenters. The number of rotatable bonds is 4. The van der Waals surface area contributed by atoms with Gasteiger partial charge in [0.25, 0.3) is 17.7 Å². The number of fused-ring (bicyclic) bond motifs is 1. The summed E-state index contributed by atoms with van der Waals surface area (Å²) in [7, 11) is 0. The monoisotopic (exact) mass is 457 g/mol. The molecule has 0 saturated carbocycles. The molecule has 0 radical (unpaired) electrons. The highest BCUT2D eigenvalue weighted by Gasteiger charge is 2.37. The van der Waals surface area contributed by atoms with E-state index in [1.807, 2.05) is 30.3 Å². The molecule has 3 amide bonds. The Bertz CT molecular complexity index is 1300. The zero-order chi connectivity index (χ0) is 22.9. The van der Waals surface area contributed by atoms with Crippen molar-refractivity contribution < 1.29 is 18.8 Å². The SMILES string of the molecule is O=C1c2ccccc2C(=O)N1CSC1=N/C(=C/c2ccccc2)C(=O)N1c1ccc(F)cc1. The van der Waals surface area contributed by atoms with Crippen molar-refractivity contribution in [1.82, 2.24) is 4.90 Å². The lowest BCUT2D eigenvalue weighted by Gasteiger charge is -2.19. The van der Waals surface area contributed by atoms with Gasteiger partial charge in [-0.1, -0.05) is 54.2 Å². The van der Waals surface area contributed by atoms with Crippen LogP contribution in [-0.4, -0.2) is 33.7 Å². The summed E-state index contributed by atoms with van der Waals surface area (Å²) in [5.74, 6) is -1.60. The Morgan fingerprint density at radius 1 is 0.788 bits per heavy atom. The number of hydrogen-bond donors (Lipinski definition) is 0. The molecule has 6 nitrogen and oxygen atoms in total. The van der Waals surface area contributed by atoms with E-state index >= 15 is 0 Å². The largest absolute Gasteiger partial charge is 0.283 e. The van der Waals surface area contributed by atoms with Crippen molar-refractivity contribution in [3.05, 3.63) is 107 Å². The van der Waals surface area contributed by atoms with Gasteiger partial charge in [0.15, 0.2) is 5.17 Å². The van der Waals surface area contributed by atoms with Crippen molar-refractivity contribution in [3.63, 3.8) is 0 Å². The number of benzene rings is 3. The van der Waals surface area contributed by atoms with Crippen LogP contribution in [0.3, 0.4) is 0 Å². The van der Waals surface area contributed by atoms with Crippen LogP contribution in [0.2, 0.25) is 0 Å². The van der Waals surface area contributed by atoms with E-state index in [0.29, 0.717) is 22.0 Å². The molecule has 3 aromatic carbocycles. The molecule has 0 fully saturated rings. The summed E-state index contributed by atoms with van der Waals surface area (Å²) in [6.07, 6.45) is 1.66. The van der Waals surface area contributed by atoms with Gasteiger partial charge in [0.05, 0.1) is 22.7 Å². The highest BCUT2D eigenvalue weighted by Crippen LogP contribution is 2.31. The Labute approximate surface area is 193 Å². The van der Waals surface area contributed by atoms with Crippen molar-refractivity contribution in [3.8, 4) is 0 Å². The molecule has 0 unspecified atom stereocenters. The smallest absolute Gasteiger partial charge is 0.269 e. The van der Waals surface area contributed by atoms with Gasteiger partial charge in [-0.05, 0) is 48.0 Å². The molecule has 162 valence electrons. The van der Waals surface area contributed by atoms with Gasteiger partial charge in [0, 0.05) is 0 Å². The molecule has 0 aliphatic carbocycles. The van der Waals surface area contributed by atoms with E-state index in [-0.39, 0.29) is 29.3 Å². The lowest BCUT2D eigenvalue weighted by Crippen LogP contribution is -2.34. The van der Waals surface area contributed by atoms with Gasteiger partial charge >= 0.3 is 0 Å². The molecule has 0 spiro atoms. The van der Waals surface area contributed by atoms with Crippen molar-refractivity contribution in [2.24, 2.45) is 4.99 Å². The number of anilines is 1. The van der Waals surface area contributed by atoms with Crippen molar-refractivity contribution in [2.45, 2.75) is 0 Å². The van der Waals surface area contributed by atoms with Crippen molar-refractivity contribution in [1.29, 1.82) is 0 Å². The number of halogens is 1. The quantitative estimate of drug-likeness (QED) is 0.426. The van der Waals surface area contributed by atoms with Crippen LogP contribution in [-0.2, 0) is 4.79 Å². The van der Waals surface area contributed by atoms with Gasteiger partial charge < -0.3 is 0 Å². The third-order valence-electron chi connectivity index (χ3n) is 5.22. The standard InChI is InChI=1S/C25H16FN3O3S/c26-17-10-12-18(13-11-17)29-24(32)21(14-16-6-2-1-3-7-16)27-25(29)33-15-28-22(30)19-8-4-5-9-20(19)23(28)31/h1-14H,15H2/b21-14+. The first-order valence-corrected chi connectivity index (χ1v) is 11.0. The number of carbonyl (C=O) groups is 3. The maximum atomic E-state index is 13.5. The van der Waals surface area contributed by atoms with Gasteiger partial charge in [-0.3, -0.25) is 24.2 Å². The van der Waals surface area contributed by atoms with Gasteiger partial charge in [0.2, 0.25) is 0 Å². The molecule has 2 heterocycles. The predicted octanol–water partition coefficient (Wildman–Crippen LogP) is 4.56. The van der Waals surface area contributed by atoms with Gasteiger partial charge in [-0.15, -0.1) is 0 Å². The molecule has 0 bridgehead atoms. The third kappa shape index (κ3) is 3.85. The van der Waals surface area contributed by atoms with E-state index in [4.69, 9.17) is 0 Å². The third-order valence-corrected chi connectivity index (χ3v) is 6.14. The molecular formula is C25H16FN3O3S. The fourth-order valence-electron chi connectivity index (χ4n) is 3.60. The normalized spacial score (nSPS) is 16.6. The minimum atomic E-state index is -0.428. The van der Waals surface area contributed by atoms with Crippen LogP contribution >= 0.6 is 11.8 Å². The van der Waals surface area contributed by atoms with Crippen LogP contribution in [0.25, 0.3) is 6.08 Å². The van der Waals surface area contributed by atoms with Crippen LogP contribution in [0.1, 0.15) is 26.3 Å². The number of carbonyl (C=O) groups excluding carboxylic acids is 3. The van der Waals surface area contributed by atoms with E-state index in [1.54, 1.807) is 30.3 Å². The van der Waals surface area contributed by atoms with E-state index < -0.39 is 5.82 Å². The molecule has 0 aromatic heterocycles. The predicted molar refractivity (Wildman–Crippen MR) is 125 cm³/mol. The lowest BCUT2D eigenvalue weighted by atomic mass is 10.1. The van der Waals surface area contributed by atoms with Gasteiger partial charge in [0.1, 0.15) is 11.5 Å². The number of nitrogens with zero attached hydrogens (tertiary/aromatic N) is 3. The molecular weight excluding hydrogens is 441 g/mol. The van der Waals surface area contributed by atoms with Crippen LogP contribution in [0.5, 0.6) is 0 Å². The summed E-state index contributed by atoms with van der Waals surface area (Å²) in [5, 5.41) is 0.297. The zero-order valence-corrected chi connectivity index (χ0v) is 18.0. The number of imide groups is 1. The van der Waals surface area contributed by atoms with Crippen LogP contribution in [0.15, 0.2) is 89.6 Å². The number of thioether (sulfide) groups is 1. The highest BCUT2D eigenvalue weighted by atomic mass is 32.2. The highest BCUT2D eigenvalue weighted by molar-refractivity contribution is 8.14. The first-order chi connectivity index (χ1) is 16.0. The molecule has 5 rings (SSSR count). The topological polar surface area (TPSA) is 70.0 Å². The number of amides is 3. The summed E-state index contributed by atoms with van der Waals surface area (Å²) < 4.78 is 13.5. The van der Waals surface area contributed by atoms with Crippen molar-refractivity contribution in [2.75, 3.05) is 10.8 Å². The molecule has 2 aliphatic rings. The Morgan fingerprint density at radius 3 is 2.03 bits per heavy atom. The Morgan fingerprint density at radius 2 is 1.39 bits per heavy atom. The van der Waals surface area contributed by atoms with E-state index in [1.165, 1.54) is 29.2 Å². The van der Waals surface area contributed by atoms with E-state index in [2.05, 4.69) is 4.99 Å². The average molecular weight is 457 g/mol. The van der Waals surface area contributed by atoms with Crippen molar-refractivity contribution >= 4 is 46.4 Å². The summed E-state index contributed by atoms with van der Waals surface area (Å²) >= 11 is 1.09. The van der Waals surface area contributed by atoms with Crippen LogP contribution < -0.4 is 4.90 Å². The molecule has 33 heavy (non-hydrogen) atoms. The Kier molecular flexibility index (Phi) is 5.35. The maximum absolute atomic E-state index is 13.5. The summed E-state index contributed by atoms with van der Waals surface area (Å²) in [6, 6.07) is 21.4. The fourth-order valence-corrected chi connectivity index (χ4v) is 4.56. The summed E-state index contributed by atoms with van der Waals surface area (Å²) in [6.45, 7) is 0. The molecule has 2 aliphatic heterocycles. The number of aliphatic imine (C=N–C) groups is 1.